The van der Waals surface area contributed by atoms with Gasteiger partial charge in [0.15, 0.2) is 0 Å². The van der Waals surface area contributed by atoms with Crippen molar-refractivity contribution in [3.63, 3.8) is 0 Å². The third-order valence-electron chi connectivity index (χ3n) is 3.38. The second kappa shape index (κ2) is 5.27. The molecule has 20 heavy (non-hydrogen) atoms. The van der Waals surface area contributed by atoms with Crippen LogP contribution in [-0.4, -0.2) is 20.0 Å². The molecule has 3 nitrogen and oxygen atoms in total. The number of carbonyl (C=O) groups is 1. The lowest BCUT2D eigenvalue weighted by atomic mass is 9.93. The first-order valence-electron chi connectivity index (χ1n) is 6.28. The summed E-state index contributed by atoms with van der Waals surface area (Å²) in [6.45, 7) is 0.634. The van der Waals surface area contributed by atoms with Crippen molar-refractivity contribution in [2.24, 2.45) is 0 Å². The Balaban J connectivity index is 2.25. The minimum absolute atomic E-state index is 0.0315. The van der Waals surface area contributed by atoms with E-state index in [0.717, 1.165) is 28.7 Å². The molecule has 0 unspecified atom stereocenters. The van der Waals surface area contributed by atoms with Crippen LogP contribution in [0.4, 0.5) is 0 Å². The van der Waals surface area contributed by atoms with Crippen LogP contribution in [0.15, 0.2) is 36.4 Å². The Bertz CT molecular complexity index is 646. The zero-order valence-electron chi connectivity index (χ0n) is 10.9. The molecule has 1 aliphatic rings. The van der Waals surface area contributed by atoms with Gasteiger partial charge in [0, 0.05) is 21.7 Å². The molecule has 2 aromatic rings. The second-order valence-corrected chi connectivity index (χ2v) is 5.03. The van der Waals surface area contributed by atoms with E-state index in [1.54, 1.807) is 19.2 Å². The molecule has 0 N–H and O–H groups in total. The van der Waals surface area contributed by atoms with Crippen LogP contribution in [0.2, 0.25) is 5.02 Å². The number of aldehydes is 1. The van der Waals surface area contributed by atoms with E-state index in [1.807, 2.05) is 24.3 Å². The molecule has 1 aliphatic heterocycles. The molecular weight excluding hydrogens is 276 g/mol. The molecule has 0 bridgehead atoms. The molecule has 0 aromatic heterocycles. The van der Waals surface area contributed by atoms with Crippen molar-refractivity contribution in [2.45, 2.75) is 6.10 Å². The monoisotopic (exact) mass is 288 g/mol. The summed E-state index contributed by atoms with van der Waals surface area (Å²) < 4.78 is 10.8. The quantitative estimate of drug-likeness (QED) is 0.633. The van der Waals surface area contributed by atoms with Gasteiger partial charge in [0.2, 0.25) is 0 Å². The molecule has 0 spiro atoms. The Morgan fingerprint density at radius 2 is 1.95 bits per heavy atom. The van der Waals surface area contributed by atoms with Gasteiger partial charge in [0.05, 0.1) is 13.7 Å². The van der Waals surface area contributed by atoms with Gasteiger partial charge in [0.25, 0.3) is 0 Å². The summed E-state index contributed by atoms with van der Waals surface area (Å²) in [6.07, 6.45) is 0.826. The van der Waals surface area contributed by atoms with Gasteiger partial charge >= 0.3 is 0 Å². The van der Waals surface area contributed by atoms with Gasteiger partial charge in [-0.1, -0.05) is 23.7 Å². The molecule has 2 aromatic carbocycles. The van der Waals surface area contributed by atoms with Crippen molar-refractivity contribution in [1.82, 2.24) is 0 Å². The van der Waals surface area contributed by atoms with Gasteiger partial charge < -0.3 is 9.47 Å². The lowest BCUT2D eigenvalue weighted by molar-refractivity contribution is 0.112. The first kappa shape index (κ1) is 13.2. The number of hydrogen-bond acceptors (Lipinski definition) is 3. The maximum atomic E-state index is 11.3. The SMILES string of the molecule is COc1ccc(C=O)c([C@@H]2CO2)c1-c1ccc(Cl)cc1. The third-order valence-corrected chi connectivity index (χ3v) is 3.63. The summed E-state index contributed by atoms with van der Waals surface area (Å²) in [4.78, 5) is 11.3. The molecule has 1 heterocycles. The maximum Gasteiger partial charge on any atom is 0.150 e. The standard InChI is InChI=1S/C16H13ClO3/c1-19-13-7-4-11(8-18)16(14-9-20-14)15(13)10-2-5-12(17)6-3-10/h2-8,14H,9H2,1H3/t14-/m0/s1. The normalized spacial score (nSPS) is 16.8. The molecule has 0 saturated carbocycles. The molecule has 4 heteroatoms. The fourth-order valence-electron chi connectivity index (χ4n) is 2.36. The second-order valence-electron chi connectivity index (χ2n) is 4.59. The van der Waals surface area contributed by atoms with Crippen molar-refractivity contribution >= 4 is 17.9 Å². The zero-order chi connectivity index (χ0) is 14.1. The number of epoxide rings is 1. The van der Waals surface area contributed by atoms with Crippen molar-refractivity contribution < 1.29 is 14.3 Å². The number of methoxy groups -OCH3 is 1. The molecule has 1 fully saturated rings. The summed E-state index contributed by atoms with van der Waals surface area (Å²) in [5.74, 6) is 0.725. The van der Waals surface area contributed by atoms with E-state index < -0.39 is 0 Å². The topological polar surface area (TPSA) is 38.8 Å². The van der Waals surface area contributed by atoms with Crippen molar-refractivity contribution in [3.8, 4) is 16.9 Å². The predicted molar refractivity (Wildman–Crippen MR) is 77.5 cm³/mol. The number of rotatable bonds is 4. The van der Waals surface area contributed by atoms with E-state index in [-0.39, 0.29) is 6.10 Å². The first-order chi connectivity index (χ1) is 9.74. The van der Waals surface area contributed by atoms with Gasteiger partial charge in [0.1, 0.15) is 18.1 Å². The first-order valence-corrected chi connectivity index (χ1v) is 6.66. The van der Waals surface area contributed by atoms with Crippen LogP contribution in [-0.2, 0) is 4.74 Å². The van der Waals surface area contributed by atoms with E-state index in [1.165, 1.54) is 0 Å². The molecule has 0 aliphatic carbocycles. The van der Waals surface area contributed by atoms with Gasteiger partial charge in [-0.15, -0.1) is 0 Å². The van der Waals surface area contributed by atoms with Crippen LogP contribution in [0.25, 0.3) is 11.1 Å². The predicted octanol–water partition coefficient (Wildman–Crippen LogP) is 3.90. The van der Waals surface area contributed by atoms with Crippen molar-refractivity contribution in [1.29, 1.82) is 0 Å². The van der Waals surface area contributed by atoms with E-state index in [0.29, 0.717) is 17.2 Å². The molecule has 0 amide bonds. The van der Waals surface area contributed by atoms with Crippen LogP contribution in [0.3, 0.4) is 0 Å². The van der Waals surface area contributed by atoms with Crippen LogP contribution in [0, 0.1) is 0 Å². The molecule has 1 saturated heterocycles. The molecule has 0 radical (unpaired) electrons. The highest BCUT2D eigenvalue weighted by atomic mass is 35.5. The van der Waals surface area contributed by atoms with Gasteiger partial charge in [-0.3, -0.25) is 4.79 Å². The summed E-state index contributed by atoms with van der Waals surface area (Å²) in [7, 11) is 1.62. The fraction of sp³-hybridized carbons (Fsp3) is 0.188. The summed E-state index contributed by atoms with van der Waals surface area (Å²) in [5.41, 5.74) is 3.39. The molecule has 1 atom stereocenters. The largest absolute Gasteiger partial charge is 0.496 e. The lowest BCUT2D eigenvalue weighted by Crippen LogP contribution is -1.99. The van der Waals surface area contributed by atoms with Gasteiger partial charge in [-0.2, -0.15) is 0 Å². The Kier molecular flexibility index (Phi) is 3.47. The van der Waals surface area contributed by atoms with E-state index in [4.69, 9.17) is 21.1 Å². The maximum absolute atomic E-state index is 11.3. The number of benzene rings is 2. The number of ether oxygens (including phenoxy) is 2. The summed E-state index contributed by atoms with van der Waals surface area (Å²) in [6, 6.07) is 11.0. The highest BCUT2D eigenvalue weighted by Gasteiger charge is 2.32. The van der Waals surface area contributed by atoms with Crippen LogP contribution < -0.4 is 4.74 Å². The van der Waals surface area contributed by atoms with Crippen LogP contribution in [0.5, 0.6) is 5.75 Å². The smallest absolute Gasteiger partial charge is 0.150 e. The molecule has 102 valence electrons. The highest BCUT2D eigenvalue weighted by Crippen LogP contribution is 2.43. The number of halogens is 1. The Morgan fingerprint density at radius 1 is 1.25 bits per heavy atom. The van der Waals surface area contributed by atoms with Gasteiger partial charge in [-0.25, -0.2) is 0 Å². The third kappa shape index (κ3) is 2.30. The minimum Gasteiger partial charge on any atom is -0.496 e. The highest BCUT2D eigenvalue weighted by molar-refractivity contribution is 6.30. The molecule has 3 rings (SSSR count). The average molecular weight is 289 g/mol. The Morgan fingerprint density at radius 3 is 2.50 bits per heavy atom. The fourth-order valence-corrected chi connectivity index (χ4v) is 2.49. The number of hydrogen-bond donors (Lipinski definition) is 0. The van der Waals surface area contributed by atoms with E-state index >= 15 is 0 Å². The Hall–Kier alpha value is -1.84. The summed E-state index contributed by atoms with van der Waals surface area (Å²) in [5, 5.41) is 0.670. The van der Waals surface area contributed by atoms with Crippen molar-refractivity contribution in [3.05, 3.63) is 52.5 Å². The van der Waals surface area contributed by atoms with Gasteiger partial charge in [-0.05, 0) is 29.8 Å². The lowest BCUT2D eigenvalue weighted by Gasteiger charge is -2.15. The van der Waals surface area contributed by atoms with Crippen molar-refractivity contribution in [2.75, 3.05) is 13.7 Å². The van der Waals surface area contributed by atoms with Crippen LogP contribution >= 0.6 is 11.6 Å². The van der Waals surface area contributed by atoms with Crippen LogP contribution in [0.1, 0.15) is 22.0 Å². The number of carbonyl (C=O) groups excluding carboxylic acids is 1. The minimum atomic E-state index is -0.0315. The zero-order valence-corrected chi connectivity index (χ0v) is 11.7. The van der Waals surface area contributed by atoms with E-state index in [2.05, 4.69) is 0 Å². The Labute approximate surface area is 122 Å². The average Bonchev–Trinajstić information content (AvgIpc) is 3.31. The van der Waals surface area contributed by atoms with E-state index in [9.17, 15) is 4.79 Å². The molecular formula is C16H13ClO3. The summed E-state index contributed by atoms with van der Waals surface area (Å²) >= 11 is 5.93.